The average molecular weight is 420 g/mol. The lowest BCUT2D eigenvalue weighted by Gasteiger charge is -2.34. The number of H-pyrrole nitrogens is 1. The van der Waals surface area contributed by atoms with E-state index in [4.69, 9.17) is 0 Å². The number of carbonyl (C=O) groups is 1. The van der Waals surface area contributed by atoms with E-state index in [2.05, 4.69) is 47.9 Å². The van der Waals surface area contributed by atoms with Crippen molar-refractivity contribution >= 4 is 28.6 Å². The fourth-order valence-electron chi connectivity index (χ4n) is 4.72. The number of aromatic amines is 1. The molecule has 2 amide bonds. The number of nitrogens with one attached hydrogen (secondary N) is 4. The first-order valence-electron chi connectivity index (χ1n) is 11.1. The number of urea groups is 1. The molecule has 4 heterocycles. The highest BCUT2D eigenvalue weighted by Crippen LogP contribution is 2.32. The van der Waals surface area contributed by atoms with Gasteiger partial charge >= 0.3 is 6.03 Å². The highest BCUT2D eigenvalue weighted by atomic mass is 16.2. The van der Waals surface area contributed by atoms with E-state index in [1.165, 1.54) is 5.56 Å². The number of benzene rings is 1. The van der Waals surface area contributed by atoms with Gasteiger partial charge in [-0.15, -0.1) is 0 Å². The van der Waals surface area contributed by atoms with Crippen molar-refractivity contribution in [3.8, 4) is 0 Å². The monoisotopic (exact) mass is 419 g/mol. The molecule has 2 saturated heterocycles. The Morgan fingerprint density at radius 3 is 3.10 bits per heavy atom. The third kappa shape index (κ3) is 4.49. The summed E-state index contributed by atoms with van der Waals surface area (Å²) in [5.74, 6) is 1.91. The van der Waals surface area contributed by atoms with Crippen molar-refractivity contribution in [2.45, 2.75) is 25.2 Å². The van der Waals surface area contributed by atoms with Gasteiger partial charge in [0.05, 0.1) is 5.39 Å². The molecule has 2 aromatic heterocycles. The number of carbonyl (C=O) groups excluding carboxylic acids is 1. The largest absolute Gasteiger partial charge is 0.355 e. The second kappa shape index (κ2) is 8.93. The summed E-state index contributed by atoms with van der Waals surface area (Å²) >= 11 is 0. The first kappa shape index (κ1) is 19.8. The number of anilines is 2. The lowest BCUT2D eigenvalue weighted by molar-refractivity contribution is 0.250. The average Bonchev–Trinajstić information content (AvgIpc) is 3.50. The van der Waals surface area contributed by atoms with Crippen molar-refractivity contribution in [1.29, 1.82) is 0 Å². The number of hydrogen-bond donors (Lipinski definition) is 4. The first-order valence-corrected chi connectivity index (χ1v) is 11.1. The Morgan fingerprint density at radius 1 is 1.23 bits per heavy atom. The van der Waals surface area contributed by atoms with Crippen molar-refractivity contribution in [1.82, 2.24) is 25.6 Å². The number of nitrogens with zero attached hydrogens (tertiary/aromatic N) is 3. The Morgan fingerprint density at radius 2 is 2.19 bits per heavy atom. The van der Waals surface area contributed by atoms with Gasteiger partial charge in [0.1, 0.15) is 17.8 Å². The molecule has 0 radical (unpaired) electrons. The molecule has 0 bridgehead atoms. The molecule has 2 unspecified atom stereocenters. The number of amides is 2. The summed E-state index contributed by atoms with van der Waals surface area (Å²) in [6, 6.07) is 10.2. The van der Waals surface area contributed by atoms with Gasteiger partial charge in [-0.2, -0.15) is 0 Å². The van der Waals surface area contributed by atoms with E-state index in [0.717, 1.165) is 68.0 Å². The maximum Gasteiger partial charge on any atom is 0.319 e. The molecule has 1 aromatic carbocycles. The van der Waals surface area contributed by atoms with Gasteiger partial charge in [-0.1, -0.05) is 12.1 Å². The zero-order chi connectivity index (χ0) is 21.0. The maximum absolute atomic E-state index is 12.3. The van der Waals surface area contributed by atoms with Crippen LogP contribution in [0.5, 0.6) is 0 Å². The van der Waals surface area contributed by atoms with Gasteiger partial charge in [0, 0.05) is 37.4 Å². The topological polar surface area (TPSA) is 98.0 Å². The van der Waals surface area contributed by atoms with Crippen molar-refractivity contribution in [3.05, 3.63) is 48.4 Å². The standard InChI is InChI=1S/C23H29N7O/c31-23(26-13-16-6-8-24-12-16)29-19-5-1-3-17(11-19)18-4-2-10-30(14-18)22-20-7-9-25-21(20)27-15-28-22/h1,3,5,7,9,11,15-16,18,24H,2,4,6,8,10,12-14H2,(H,25,27,28)(H2,26,29,31). The normalized spacial score (nSPS) is 21.4. The van der Waals surface area contributed by atoms with Gasteiger partial charge in [0.15, 0.2) is 0 Å². The summed E-state index contributed by atoms with van der Waals surface area (Å²) in [7, 11) is 0. The van der Waals surface area contributed by atoms with Crippen molar-refractivity contribution in [3.63, 3.8) is 0 Å². The Kier molecular flexibility index (Phi) is 5.71. The number of fused-ring (bicyclic) bond motifs is 1. The summed E-state index contributed by atoms with van der Waals surface area (Å²) in [5, 5.41) is 10.4. The fraction of sp³-hybridized carbons (Fsp3) is 0.435. The molecular weight excluding hydrogens is 390 g/mol. The molecule has 31 heavy (non-hydrogen) atoms. The predicted octanol–water partition coefficient (Wildman–Crippen LogP) is 3.07. The minimum Gasteiger partial charge on any atom is -0.355 e. The van der Waals surface area contributed by atoms with E-state index in [1.54, 1.807) is 6.33 Å². The lowest BCUT2D eigenvalue weighted by Crippen LogP contribution is -2.35. The van der Waals surface area contributed by atoms with Crippen LogP contribution in [0.1, 0.15) is 30.7 Å². The van der Waals surface area contributed by atoms with Crippen molar-refractivity contribution < 1.29 is 4.79 Å². The van der Waals surface area contributed by atoms with Gasteiger partial charge < -0.3 is 25.8 Å². The second-order valence-electron chi connectivity index (χ2n) is 8.54. The Hall–Kier alpha value is -3.13. The summed E-state index contributed by atoms with van der Waals surface area (Å²) in [6.45, 7) is 4.63. The van der Waals surface area contributed by atoms with Crippen LogP contribution in [0.3, 0.4) is 0 Å². The van der Waals surface area contributed by atoms with E-state index < -0.39 is 0 Å². The van der Waals surface area contributed by atoms with Gasteiger partial charge in [-0.05, 0) is 62.0 Å². The van der Waals surface area contributed by atoms with Crippen LogP contribution in [0, 0.1) is 5.92 Å². The molecule has 162 valence electrons. The smallest absolute Gasteiger partial charge is 0.319 e. The summed E-state index contributed by atoms with van der Waals surface area (Å²) in [6.07, 6.45) is 6.89. The quantitative estimate of drug-likeness (QED) is 0.510. The zero-order valence-corrected chi connectivity index (χ0v) is 17.6. The van der Waals surface area contributed by atoms with Crippen molar-refractivity contribution in [2.75, 3.05) is 42.9 Å². The van der Waals surface area contributed by atoms with Crippen LogP contribution in [0.4, 0.5) is 16.3 Å². The van der Waals surface area contributed by atoms with Gasteiger partial charge in [0.2, 0.25) is 0 Å². The molecule has 2 fully saturated rings. The third-order valence-corrected chi connectivity index (χ3v) is 6.38. The first-order chi connectivity index (χ1) is 15.3. The predicted molar refractivity (Wildman–Crippen MR) is 123 cm³/mol. The number of rotatable bonds is 5. The highest BCUT2D eigenvalue weighted by Gasteiger charge is 2.24. The number of hydrogen-bond acceptors (Lipinski definition) is 5. The highest BCUT2D eigenvalue weighted by molar-refractivity contribution is 5.89. The maximum atomic E-state index is 12.3. The molecular formula is C23H29N7O. The SMILES string of the molecule is O=C(NCC1CCNC1)Nc1cccc(C2CCCN(c3ncnc4[nH]ccc34)C2)c1. The minimum absolute atomic E-state index is 0.134. The summed E-state index contributed by atoms with van der Waals surface area (Å²) in [5.41, 5.74) is 2.96. The van der Waals surface area contributed by atoms with E-state index in [9.17, 15) is 4.79 Å². The zero-order valence-electron chi connectivity index (χ0n) is 17.6. The van der Waals surface area contributed by atoms with Crippen LogP contribution < -0.4 is 20.9 Å². The van der Waals surface area contributed by atoms with E-state index >= 15 is 0 Å². The molecule has 0 spiro atoms. The molecule has 2 aliphatic heterocycles. The molecule has 8 nitrogen and oxygen atoms in total. The van der Waals surface area contributed by atoms with E-state index in [-0.39, 0.29) is 6.03 Å². The second-order valence-corrected chi connectivity index (χ2v) is 8.54. The Labute approximate surface area is 181 Å². The molecule has 0 aliphatic carbocycles. The van der Waals surface area contributed by atoms with Crippen molar-refractivity contribution in [2.24, 2.45) is 5.92 Å². The molecule has 2 atom stereocenters. The lowest BCUT2D eigenvalue weighted by atomic mass is 9.90. The van der Waals surface area contributed by atoms with Gasteiger partial charge in [0.25, 0.3) is 0 Å². The van der Waals surface area contributed by atoms with Crippen LogP contribution in [0.15, 0.2) is 42.9 Å². The van der Waals surface area contributed by atoms with Crippen LogP contribution in [0.25, 0.3) is 11.0 Å². The van der Waals surface area contributed by atoms with Crippen LogP contribution >= 0.6 is 0 Å². The van der Waals surface area contributed by atoms with Crippen LogP contribution in [0.2, 0.25) is 0 Å². The third-order valence-electron chi connectivity index (χ3n) is 6.38. The van der Waals surface area contributed by atoms with Gasteiger partial charge in [-0.3, -0.25) is 0 Å². The Bertz CT molecular complexity index is 1040. The number of piperidine rings is 1. The number of aromatic nitrogens is 3. The fourth-order valence-corrected chi connectivity index (χ4v) is 4.72. The Balaban J connectivity index is 1.24. The molecule has 0 saturated carbocycles. The molecule has 8 heteroatoms. The minimum atomic E-state index is -0.134. The van der Waals surface area contributed by atoms with E-state index in [1.807, 2.05) is 24.4 Å². The molecule has 4 N–H and O–H groups in total. The molecule has 5 rings (SSSR count). The van der Waals surface area contributed by atoms with E-state index in [0.29, 0.717) is 18.4 Å². The van der Waals surface area contributed by atoms with Crippen LogP contribution in [-0.2, 0) is 0 Å². The van der Waals surface area contributed by atoms with Gasteiger partial charge in [-0.25, -0.2) is 14.8 Å². The molecule has 2 aliphatic rings. The van der Waals surface area contributed by atoms with Crippen LogP contribution in [-0.4, -0.2) is 53.7 Å². The molecule has 3 aromatic rings. The summed E-state index contributed by atoms with van der Waals surface area (Å²) in [4.78, 5) is 26.7. The summed E-state index contributed by atoms with van der Waals surface area (Å²) < 4.78 is 0.